The van der Waals surface area contributed by atoms with Crippen LogP contribution in [0.4, 0.5) is 4.39 Å². The van der Waals surface area contributed by atoms with Crippen molar-refractivity contribution in [1.82, 2.24) is 4.31 Å². The predicted octanol–water partition coefficient (Wildman–Crippen LogP) is 4.11. The van der Waals surface area contributed by atoms with Crippen molar-refractivity contribution in [3.05, 3.63) is 64.4 Å². The molecule has 0 radical (unpaired) electrons. The highest BCUT2D eigenvalue weighted by Gasteiger charge is 2.37. The van der Waals surface area contributed by atoms with Gasteiger partial charge in [0.2, 0.25) is 10.0 Å². The first-order valence-electron chi connectivity index (χ1n) is 7.02. The summed E-state index contributed by atoms with van der Waals surface area (Å²) in [4.78, 5) is 0.235. The van der Waals surface area contributed by atoms with Crippen LogP contribution in [0.5, 0.6) is 0 Å². The molecule has 0 bridgehead atoms. The average Bonchev–Trinajstić information content (AvgIpc) is 2.98. The largest absolute Gasteiger partial charge is 0.243 e. The summed E-state index contributed by atoms with van der Waals surface area (Å²) in [5, 5.41) is 0. The first-order valence-corrected chi connectivity index (χ1v) is 9.25. The van der Waals surface area contributed by atoms with Crippen LogP contribution in [0.25, 0.3) is 0 Å². The van der Waals surface area contributed by atoms with E-state index in [1.807, 2.05) is 0 Å². The molecule has 0 unspecified atom stereocenters. The fourth-order valence-corrected chi connectivity index (χ4v) is 4.76. The Balaban J connectivity index is 1.99. The van der Waals surface area contributed by atoms with Crippen LogP contribution >= 0.6 is 15.9 Å². The van der Waals surface area contributed by atoms with Crippen molar-refractivity contribution in [2.75, 3.05) is 6.54 Å². The molecule has 2 aromatic carbocycles. The zero-order valence-electron chi connectivity index (χ0n) is 11.7. The predicted molar refractivity (Wildman–Crippen MR) is 86.4 cm³/mol. The van der Waals surface area contributed by atoms with Crippen LogP contribution in [0.1, 0.15) is 24.4 Å². The Hall–Kier alpha value is -1.24. The summed E-state index contributed by atoms with van der Waals surface area (Å²) < 4.78 is 41.9. The molecule has 1 heterocycles. The highest BCUT2D eigenvalue weighted by Crippen LogP contribution is 2.37. The number of sulfonamides is 1. The molecule has 3 rings (SSSR count). The van der Waals surface area contributed by atoms with Gasteiger partial charge in [0.25, 0.3) is 0 Å². The van der Waals surface area contributed by atoms with E-state index in [0.29, 0.717) is 18.5 Å². The molecule has 116 valence electrons. The van der Waals surface area contributed by atoms with E-state index in [2.05, 4.69) is 15.9 Å². The molecule has 1 atom stereocenters. The lowest BCUT2D eigenvalue weighted by Crippen LogP contribution is -2.31. The molecule has 1 saturated heterocycles. The Bertz CT molecular complexity index is 777. The Morgan fingerprint density at radius 2 is 1.77 bits per heavy atom. The van der Waals surface area contributed by atoms with Crippen molar-refractivity contribution in [3.8, 4) is 0 Å². The molecule has 0 aromatic heterocycles. The van der Waals surface area contributed by atoms with Gasteiger partial charge < -0.3 is 0 Å². The summed E-state index contributed by atoms with van der Waals surface area (Å²) in [6.45, 7) is 0.414. The Morgan fingerprint density at radius 1 is 1.09 bits per heavy atom. The summed E-state index contributed by atoms with van der Waals surface area (Å²) in [6, 6.07) is 12.5. The third kappa shape index (κ3) is 2.83. The van der Waals surface area contributed by atoms with E-state index in [1.54, 1.807) is 42.5 Å². The maximum absolute atomic E-state index is 14.0. The average molecular weight is 384 g/mol. The molecule has 3 nitrogen and oxygen atoms in total. The molecular formula is C16H15BrFNO2S. The molecule has 0 amide bonds. The van der Waals surface area contributed by atoms with Crippen molar-refractivity contribution in [3.63, 3.8) is 0 Å². The minimum absolute atomic E-state index is 0.235. The fourth-order valence-electron chi connectivity index (χ4n) is 2.83. The van der Waals surface area contributed by atoms with Crippen molar-refractivity contribution in [1.29, 1.82) is 0 Å². The van der Waals surface area contributed by atoms with Gasteiger partial charge in [-0.2, -0.15) is 4.31 Å². The van der Waals surface area contributed by atoms with Crippen LogP contribution in [-0.2, 0) is 10.0 Å². The second-order valence-electron chi connectivity index (χ2n) is 5.25. The van der Waals surface area contributed by atoms with Crippen LogP contribution in [0, 0.1) is 5.82 Å². The molecule has 22 heavy (non-hydrogen) atoms. The smallest absolute Gasteiger partial charge is 0.207 e. The second kappa shape index (κ2) is 6.10. The monoisotopic (exact) mass is 383 g/mol. The van der Waals surface area contributed by atoms with Gasteiger partial charge in [-0.1, -0.05) is 34.1 Å². The van der Waals surface area contributed by atoms with E-state index in [4.69, 9.17) is 0 Å². The fraction of sp³-hybridized carbons (Fsp3) is 0.250. The summed E-state index contributed by atoms with van der Waals surface area (Å²) in [5.41, 5.74) is 0.445. The van der Waals surface area contributed by atoms with Crippen molar-refractivity contribution >= 4 is 26.0 Å². The number of nitrogens with zero attached hydrogens (tertiary/aromatic N) is 1. The topological polar surface area (TPSA) is 37.4 Å². The quantitative estimate of drug-likeness (QED) is 0.799. The van der Waals surface area contributed by atoms with Crippen LogP contribution in [-0.4, -0.2) is 19.3 Å². The van der Waals surface area contributed by atoms with Crippen LogP contribution in [0.3, 0.4) is 0 Å². The van der Waals surface area contributed by atoms with Gasteiger partial charge in [-0.3, -0.25) is 0 Å². The Morgan fingerprint density at radius 3 is 2.45 bits per heavy atom. The molecule has 1 aliphatic heterocycles. The maximum Gasteiger partial charge on any atom is 0.243 e. The minimum atomic E-state index is -3.62. The molecule has 0 saturated carbocycles. The number of halogens is 2. The van der Waals surface area contributed by atoms with E-state index in [0.717, 1.165) is 10.9 Å². The van der Waals surface area contributed by atoms with Gasteiger partial charge in [0, 0.05) is 16.6 Å². The lowest BCUT2D eigenvalue weighted by molar-refractivity contribution is 0.386. The Labute approximate surface area is 137 Å². The minimum Gasteiger partial charge on any atom is -0.207 e. The lowest BCUT2D eigenvalue weighted by Gasteiger charge is -2.24. The van der Waals surface area contributed by atoms with Crippen molar-refractivity contribution in [2.24, 2.45) is 0 Å². The van der Waals surface area contributed by atoms with Crippen molar-refractivity contribution < 1.29 is 12.8 Å². The molecular weight excluding hydrogens is 369 g/mol. The standard InChI is InChI=1S/C16H15BrFNO2S/c17-12-7-9-13(10-8-12)22(20,21)19-11-3-6-16(19)14-4-1-2-5-15(14)18/h1-2,4-5,7-10,16H,3,6,11H2/t16-/m1/s1. The van der Waals surface area contributed by atoms with E-state index >= 15 is 0 Å². The summed E-state index contributed by atoms with van der Waals surface area (Å²) in [7, 11) is -3.62. The number of hydrogen-bond acceptors (Lipinski definition) is 2. The number of benzene rings is 2. The van der Waals surface area contributed by atoms with Crippen molar-refractivity contribution in [2.45, 2.75) is 23.8 Å². The van der Waals surface area contributed by atoms with E-state index in [-0.39, 0.29) is 10.7 Å². The number of hydrogen-bond donors (Lipinski definition) is 0. The highest BCUT2D eigenvalue weighted by molar-refractivity contribution is 9.10. The zero-order chi connectivity index (χ0) is 15.7. The molecule has 0 aliphatic carbocycles. The first kappa shape index (κ1) is 15.6. The van der Waals surface area contributed by atoms with Crippen LogP contribution < -0.4 is 0 Å². The molecule has 1 fully saturated rings. The van der Waals surface area contributed by atoms with Gasteiger partial charge in [0.05, 0.1) is 10.9 Å². The van der Waals surface area contributed by atoms with Crippen LogP contribution in [0.2, 0.25) is 0 Å². The zero-order valence-corrected chi connectivity index (χ0v) is 14.1. The molecule has 1 aliphatic rings. The van der Waals surface area contributed by atoms with Gasteiger partial charge >= 0.3 is 0 Å². The van der Waals surface area contributed by atoms with Gasteiger partial charge in [0.1, 0.15) is 5.82 Å². The normalized spacial score (nSPS) is 19.5. The third-order valence-corrected chi connectivity index (χ3v) is 6.34. The third-order valence-electron chi connectivity index (χ3n) is 3.89. The SMILES string of the molecule is O=S(=O)(c1ccc(Br)cc1)N1CCC[C@@H]1c1ccccc1F. The van der Waals surface area contributed by atoms with E-state index in [9.17, 15) is 12.8 Å². The first-order chi connectivity index (χ1) is 10.5. The summed E-state index contributed by atoms with van der Waals surface area (Å²) in [5.74, 6) is -0.356. The van der Waals surface area contributed by atoms with Gasteiger partial charge in [0.15, 0.2) is 0 Å². The van der Waals surface area contributed by atoms with Gasteiger partial charge in [-0.25, -0.2) is 12.8 Å². The second-order valence-corrected chi connectivity index (χ2v) is 8.06. The van der Waals surface area contributed by atoms with Gasteiger partial charge in [-0.15, -0.1) is 0 Å². The van der Waals surface area contributed by atoms with E-state index < -0.39 is 16.1 Å². The number of rotatable bonds is 3. The van der Waals surface area contributed by atoms with E-state index in [1.165, 1.54) is 10.4 Å². The molecule has 0 N–H and O–H groups in total. The van der Waals surface area contributed by atoms with Crippen LogP contribution in [0.15, 0.2) is 57.9 Å². The van der Waals surface area contributed by atoms with Gasteiger partial charge in [-0.05, 0) is 43.2 Å². The Kier molecular flexibility index (Phi) is 4.34. The molecule has 0 spiro atoms. The highest BCUT2D eigenvalue weighted by atomic mass is 79.9. The summed E-state index contributed by atoms with van der Waals surface area (Å²) >= 11 is 3.30. The lowest BCUT2D eigenvalue weighted by atomic mass is 10.1. The maximum atomic E-state index is 14.0. The molecule has 6 heteroatoms. The summed E-state index contributed by atoms with van der Waals surface area (Å²) in [6.07, 6.45) is 1.37. The molecule has 2 aromatic rings.